The number of ether oxygens (including phenoxy) is 1. The molecule has 0 aliphatic heterocycles. The van der Waals surface area contributed by atoms with Gasteiger partial charge in [0.05, 0.1) is 17.4 Å². The number of hydrogen-bond donors (Lipinski definition) is 0. The van der Waals surface area contributed by atoms with Crippen molar-refractivity contribution in [2.24, 2.45) is 7.05 Å². The molecule has 0 unspecified atom stereocenters. The molecule has 0 fully saturated rings. The average molecular weight is 453 g/mol. The molecule has 0 saturated heterocycles. The van der Waals surface area contributed by atoms with E-state index in [1.54, 1.807) is 24.0 Å². The van der Waals surface area contributed by atoms with Gasteiger partial charge in [0.15, 0.2) is 0 Å². The van der Waals surface area contributed by atoms with E-state index in [9.17, 15) is 8.42 Å². The quantitative estimate of drug-likeness (QED) is 0.222. The summed E-state index contributed by atoms with van der Waals surface area (Å²) in [4.78, 5) is 3.98. The van der Waals surface area contributed by atoms with Crippen molar-refractivity contribution in [3.63, 3.8) is 0 Å². The summed E-state index contributed by atoms with van der Waals surface area (Å²) in [6, 6.07) is 9.31. The van der Waals surface area contributed by atoms with E-state index in [4.69, 9.17) is 16.3 Å². The van der Waals surface area contributed by atoms with Crippen LogP contribution in [0, 0.1) is 0 Å². The zero-order chi connectivity index (χ0) is 21.2. The molecule has 29 heavy (non-hydrogen) atoms. The largest absolute Gasteiger partial charge is 0.360 e. The van der Waals surface area contributed by atoms with Crippen molar-refractivity contribution >= 4 is 46.3 Å². The molecule has 2 heterocycles. The Morgan fingerprint density at radius 3 is 2.59 bits per heavy atom. The van der Waals surface area contributed by atoms with Crippen molar-refractivity contribution in [1.29, 1.82) is 0 Å². The van der Waals surface area contributed by atoms with Crippen molar-refractivity contribution in [1.82, 2.24) is 14.8 Å². The molecule has 3 rings (SSSR count). The Bertz CT molecular complexity index is 1090. The smallest absolute Gasteiger partial charge is 0.267 e. The first kappa shape index (κ1) is 21.8. The highest BCUT2D eigenvalue weighted by Gasteiger charge is 2.28. The summed E-state index contributed by atoms with van der Waals surface area (Å²) in [6.45, 7) is 7.16. The number of aryl methyl sites for hydroxylation is 1. The fraction of sp³-hybridized carbons (Fsp3) is 0.368. The van der Waals surface area contributed by atoms with Gasteiger partial charge in [-0.3, -0.25) is 4.68 Å². The maximum atomic E-state index is 13.5. The Balaban J connectivity index is 2.02. The third-order valence-corrected chi connectivity index (χ3v) is 8.15. The SMILES string of the molecule is Cn1ncc2cccc(N(COCC[Si](C)(C)C)S(=O)(=O)c3ccc(Cl)nc3)c21. The fourth-order valence-corrected chi connectivity index (χ4v) is 5.02. The summed E-state index contributed by atoms with van der Waals surface area (Å²) in [5.41, 5.74) is 1.22. The summed E-state index contributed by atoms with van der Waals surface area (Å²) in [6.07, 6.45) is 2.97. The zero-order valence-electron chi connectivity index (χ0n) is 17.0. The maximum Gasteiger partial charge on any atom is 0.267 e. The first-order valence-electron chi connectivity index (χ1n) is 9.22. The van der Waals surface area contributed by atoms with Crippen LogP contribution >= 0.6 is 11.6 Å². The van der Waals surface area contributed by atoms with Crippen molar-refractivity contribution in [3.8, 4) is 0 Å². The predicted octanol–water partition coefficient (Wildman–Crippen LogP) is 4.13. The van der Waals surface area contributed by atoms with E-state index in [2.05, 4.69) is 29.7 Å². The molecule has 3 aromatic rings. The number of para-hydroxylation sites is 1. The molecule has 156 valence electrons. The Labute approximate surface area is 177 Å². The Morgan fingerprint density at radius 2 is 1.93 bits per heavy atom. The lowest BCUT2D eigenvalue weighted by Crippen LogP contribution is -2.34. The topological polar surface area (TPSA) is 77.3 Å². The molecule has 7 nitrogen and oxygen atoms in total. The second-order valence-corrected chi connectivity index (χ2v) is 15.9. The number of benzene rings is 1. The van der Waals surface area contributed by atoms with Crippen LogP contribution in [0.15, 0.2) is 47.6 Å². The van der Waals surface area contributed by atoms with E-state index < -0.39 is 18.1 Å². The lowest BCUT2D eigenvalue weighted by molar-refractivity contribution is 0.156. The van der Waals surface area contributed by atoms with Gasteiger partial charge >= 0.3 is 0 Å². The summed E-state index contributed by atoms with van der Waals surface area (Å²) in [7, 11) is -3.43. The van der Waals surface area contributed by atoms with Gasteiger partial charge in [-0.1, -0.05) is 43.4 Å². The molecule has 0 aliphatic carbocycles. The van der Waals surface area contributed by atoms with Crippen molar-refractivity contribution in [2.45, 2.75) is 30.6 Å². The van der Waals surface area contributed by atoms with Crippen LogP contribution in [-0.4, -0.2) is 44.6 Å². The highest BCUT2D eigenvalue weighted by atomic mass is 35.5. The molecule has 1 aromatic carbocycles. The minimum absolute atomic E-state index is 0.0508. The van der Waals surface area contributed by atoms with Crippen LogP contribution in [0.25, 0.3) is 10.9 Å². The maximum absolute atomic E-state index is 13.5. The molecular weight excluding hydrogens is 428 g/mol. The third-order valence-electron chi connectivity index (χ3n) is 4.50. The minimum atomic E-state index is -3.92. The molecule has 0 spiro atoms. The number of sulfonamides is 1. The standard InChI is InChI=1S/C19H25ClN4O3SSi/c1-23-19-15(12-22-23)6-5-7-17(19)24(14-27-10-11-29(2,3)4)28(25,26)16-8-9-18(20)21-13-16/h5-9,12-13H,10-11,14H2,1-4H3. The van der Waals surface area contributed by atoms with E-state index in [1.807, 2.05) is 12.1 Å². The van der Waals surface area contributed by atoms with E-state index in [0.717, 1.165) is 11.4 Å². The number of rotatable bonds is 8. The zero-order valence-corrected chi connectivity index (χ0v) is 19.5. The number of nitrogens with zero attached hydrogens (tertiary/aromatic N) is 4. The Kier molecular flexibility index (Phi) is 6.32. The van der Waals surface area contributed by atoms with Crippen molar-refractivity contribution < 1.29 is 13.2 Å². The molecule has 2 aromatic heterocycles. The second kappa shape index (κ2) is 8.43. The molecule has 0 saturated carbocycles. The molecule has 0 N–H and O–H groups in total. The number of pyridine rings is 1. The number of aromatic nitrogens is 3. The van der Waals surface area contributed by atoms with Crippen LogP contribution in [0.2, 0.25) is 30.8 Å². The summed E-state index contributed by atoms with van der Waals surface area (Å²) < 4.78 is 35.7. The molecular formula is C19H25ClN4O3SSi. The van der Waals surface area contributed by atoms with Crippen LogP contribution in [0.4, 0.5) is 5.69 Å². The summed E-state index contributed by atoms with van der Waals surface area (Å²) >= 11 is 5.84. The molecule has 0 bridgehead atoms. The van der Waals surface area contributed by atoms with E-state index in [0.29, 0.717) is 17.8 Å². The van der Waals surface area contributed by atoms with Gasteiger partial charge in [0.2, 0.25) is 0 Å². The average Bonchev–Trinajstić information content (AvgIpc) is 3.02. The Morgan fingerprint density at radius 1 is 1.17 bits per heavy atom. The van der Waals surface area contributed by atoms with E-state index >= 15 is 0 Å². The van der Waals surface area contributed by atoms with Gasteiger partial charge in [-0.15, -0.1) is 0 Å². The van der Waals surface area contributed by atoms with Crippen LogP contribution in [-0.2, 0) is 21.8 Å². The lowest BCUT2D eigenvalue weighted by atomic mass is 10.2. The number of anilines is 1. The van der Waals surface area contributed by atoms with Gasteiger partial charge in [-0.2, -0.15) is 5.10 Å². The molecule has 0 amide bonds. The van der Waals surface area contributed by atoms with E-state index in [-0.39, 0.29) is 16.8 Å². The van der Waals surface area contributed by atoms with Crippen LogP contribution in [0.1, 0.15) is 0 Å². The predicted molar refractivity (Wildman–Crippen MR) is 119 cm³/mol. The van der Waals surface area contributed by atoms with Crippen molar-refractivity contribution in [3.05, 3.63) is 47.9 Å². The van der Waals surface area contributed by atoms with Crippen LogP contribution in [0.5, 0.6) is 0 Å². The van der Waals surface area contributed by atoms with E-state index in [1.165, 1.54) is 22.6 Å². The summed E-state index contributed by atoms with van der Waals surface area (Å²) in [5.74, 6) is 0. The Hall–Kier alpha value is -1.94. The number of fused-ring (bicyclic) bond motifs is 1. The normalized spacial score (nSPS) is 12.4. The molecule has 10 heteroatoms. The van der Waals surface area contributed by atoms with Gasteiger partial charge in [-0.05, 0) is 24.2 Å². The molecule has 0 aliphatic rings. The fourth-order valence-electron chi connectivity index (χ4n) is 2.85. The lowest BCUT2D eigenvalue weighted by Gasteiger charge is -2.26. The van der Waals surface area contributed by atoms with Gasteiger partial charge in [-0.25, -0.2) is 17.7 Å². The third kappa shape index (κ3) is 4.97. The minimum Gasteiger partial charge on any atom is -0.360 e. The first-order valence-corrected chi connectivity index (χ1v) is 14.7. The van der Waals surface area contributed by atoms with Gasteiger partial charge < -0.3 is 4.74 Å². The van der Waals surface area contributed by atoms with Gasteiger partial charge in [0, 0.05) is 33.3 Å². The number of halogens is 1. The van der Waals surface area contributed by atoms with Gasteiger partial charge in [0.25, 0.3) is 10.0 Å². The highest BCUT2D eigenvalue weighted by molar-refractivity contribution is 7.92. The highest BCUT2D eigenvalue weighted by Crippen LogP contribution is 2.31. The van der Waals surface area contributed by atoms with Crippen LogP contribution < -0.4 is 4.31 Å². The molecule has 0 atom stereocenters. The molecule has 0 radical (unpaired) electrons. The first-order chi connectivity index (χ1) is 13.6. The van der Waals surface area contributed by atoms with Crippen LogP contribution in [0.3, 0.4) is 0 Å². The summed E-state index contributed by atoms with van der Waals surface area (Å²) in [5, 5.41) is 5.34. The monoisotopic (exact) mass is 452 g/mol. The van der Waals surface area contributed by atoms with Crippen molar-refractivity contribution in [2.75, 3.05) is 17.6 Å². The second-order valence-electron chi connectivity index (χ2n) is 8.00. The number of hydrogen-bond acceptors (Lipinski definition) is 5. The van der Waals surface area contributed by atoms with Gasteiger partial charge in [0.1, 0.15) is 16.8 Å².